The van der Waals surface area contributed by atoms with Crippen LogP contribution in [0, 0.1) is 0 Å². The van der Waals surface area contributed by atoms with Gasteiger partial charge in [0.25, 0.3) is 0 Å². The van der Waals surface area contributed by atoms with Crippen LogP contribution in [0.4, 0.5) is 10.6 Å². The summed E-state index contributed by atoms with van der Waals surface area (Å²) in [6.07, 6.45) is 0.744. The van der Waals surface area contributed by atoms with E-state index in [2.05, 4.69) is 30.9 Å². The Morgan fingerprint density at radius 1 is 1.29 bits per heavy atom. The third kappa shape index (κ3) is 2.86. The van der Waals surface area contributed by atoms with Gasteiger partial charge in [0.15, 0.2) is 16.6 Å². The number of hydrogen-bond donors (Lipinski definition) is 1. The predicted octanol–water partition coefficient (Wildman–Crippen LogP) is 2.24. The summed E-state index contributed by atoms with van der Waals surface area (Å²) >= 11 is 9.53. The Labute approximate surface area is 133 Å². The molecule has 21 heavy (non-hydrogen) atoms. The van der Waals surface area contributed by atoms with Crippen LogP contribution in [-0.2, 0) is 0 Å². The van der Waals surface area contributed by atoms with Gasteiger partial charge in [-0.2, -0.15) is 0 Å². The highest BCUT2D eigenvalue weighted by Crippen LogP contribution is 2.26. The highest BCUT2D eigenvalue weighted by atomic mass is 79.9. The van der Waals surface area contributed by atoms with Crippen LogP contribution in [0.15, 0.2) is 16.7 Å². The molecule has 1 aliphatic heterocycles. The number of aromatic nitrogens is 3. The Morgan fingerprint density at radius 2 is 2.00 bits per heavy atom. The lowest BCUT2D eigenvalue weighted by Crippen LogP contribution is -2.48. The summed E-state index contributed by atoms with van der Waals surface area (Å²) in [5.41, 5.74) is 1.13. The van der Waals surface area contributed by atoms with E-state index in [9.17, 15) is 4.79 Å². The number of rotatable bonds is 1. The summed E-state index contributed by atoms with van der Waals surface area (Å²) in [4.78, 5) is 27.2. The molecule has 0 aromatic carbocycles. The zero-order chi connectivity index (χ0) is 15.0. The minimum Gasteiger partial charge on any atom is -0.465 e. The normalized spacial score (nSPS) is 15.5. The second kappa shape index (κ2) is 5.61. The van der Waals surface area contributed by atoms with Crippen molar-refractivity contribution in [1.82, 2.24) is 19.9 Å². The lowest BCUT2D eigenvalue weighted by Gasteiger charge is -2.33. The quantitative estimate of drug-likeness (QED) is 0.827. The fourth-order valence-electron chi connectivity index (χ4n) is 2.20. The number of pyridine rings is 1. The summed E-state index contributed by atoms with van der Waals surface area (Å²) < 4.78 is 0.809. The maximum absolute atomic E-state index is 10.9. The number of amides is 1. The van der Waals surface area contributed by atoms with Crippen LogP contribution in [0.2, 0.25) is 5.15 Å². The second-order valence-corrected chi connectivity index (χ2v) is 5.86. The average molecular weight is 373 g/mol. The Balaban J connectivity index is 1.89. The summed E-state index contributed by atoms with van der Waals surface area (Å²) in [5, 5.41) is 9.25. The standard InChI is InChI=1S/C12H11BrClN5O2/c13-7-5-8-10(15-6-7)17-11(9(14)16-8)18-1-3-19(4-2-18)12(20)21/h5-6H,1-4H2,(H,20,21). The molecule has 2 aromatic heterocycles. The summed E-state index contributed by atoms with van der Waals surface area (Å²) in [6.45, 7) is 1.89. The van der Waals surface area contributed by atoms with Crippen LogP contribution in [0.3, 0.4) is 0 Å². The molecule has 1 fully saturated rings. The van der Waals surface area contributed by atoms with Crippen LogP contribution >= 0.6 is 27.5 Å². The molecule has 0 atom stereocenters. The van der Waals surface area contributed by atoms with Gasteiger partial charge in [0.05, 0.1) is 0 Å². The maximum atomic E-state index is 10.9. The van der Waals surface area contributed by atoms with Crippen molar-refractivity contribution in [2.24, 2.45) is 0 Å². The van der Waals surface area contributed by atoms with Crippen LogP contribution in [0.5, 0.6) is 0 Å². The van der Waals surface area contributed by atoms with E-state index in [0.29, 0.717) is 48.3 Å². The number of carboxylic acid groups (broad SMARTS) is 1. The highest BCUT2D eigenvalue weighted by Gasteiger charge is 2.23. The first-order chi connectivity index (χ1) is 10.0. The van der Waals surface area contributed by atoms with Crippen molar-refractivity contribution < 1.29 is 9.90 Å². The summed E-state index contributed by atoms with van der Waals surface area (Å²) in [7, 11) is 0. The minimum atomic E-state index is -0.906. The zero-order valence-electron chi connectivity index (χ0n) is 10.8. The first-order valence-electron chi connectivity index (χ1n) is 6.26. The fourth-order valence-corrected chi connectivity index (χ4v) is 2.77. The Bertz CT molecular complexity index is 705. The topological polar surface area (TPSA) is 82.5 Å². The third-order valence-electron chi connectivity index (χ3n) is 3.28. The van der Waals surface area contributed by atoms with Gasteiger partial charge in [-0.05, 0) is 22.0 Å². The Kier molecular flexibility index (Phi) is 3.81. The molecule has 0 bridgehead atoms. The fraction of sp³-hybridized carbons (Fsp3) is 0.333. The third-order valence-corrected chi connectivity index (χ3v) is 3.97. The Morgan fingerprint density at radius 3 is 2.67 bits per heavy atom. The molecule has 3 rings (SSSR count). The van der Waals surface area contributed by atoms with Gasteiger partial charge in [-0.25, -0.2) is 19.7 Å². The van der Waals surface area contributed by atoms with E-state index in [0.717, 1.165) is 4.47 Å². The number of anilines is 1. The molecule has 110 valence electrons. The van der Waals surface area contributed by atoms with Gasteiger partial charge >= 0.3 is 6.09 Å². The molecule has 1 N–H and O–H groups in total. The van der Waals surface area contributed by atoms with E-state index >= 15 is 0 Å². The van der Waals surface area contributed by atoms with Gasteiger partial charge in [-0.1, -0.05) is 11.6 Å². The monoisotopic (exact) mass is 371 g/mol. The molecule has 7 nitrogen and oxygen atoms in total. The Hall–Kier alpha value is -1.67. The molecule has 0 spiro atoms. The van der Waals surface area contributed by atoms with Crippen LogP contribution in [0.1, 0.15) is 0 Å². The molecule has 1 amide bonds. The molecular formula is C12H11BrClN5O2. The predicted molar refractivity (Wildman–Crippen MR) is 81.9 cm³/mol. The number of halogens is 2. The number of nitrogens with zero attached hydrogens (tertiary/aromatic N) is 5. The van der Waals surface area contributed by atoms with Gasteiger partial charge in [-0.15, -0.1) is 0 Å². The van der Waals surface area contributed by atoms with E-state index in [4.69, 9.17) is 16.7 Å². The lowest BCUT2D eigenvalue weighted by atomic mass is 10.3. The van der Waals surface area contributed by atoms with E-state index in [1.54, 1.807) is 12.3 Å². The van der Waals surface area contributed by atoms with E-state index in [-0.39, 0.29) is 0 Å². The van der Waals surface area contributed by atoms with Crippen molar-refractivity contribution in [3.63, 3.8) is 0 Å². The van der Waals surface area contributed by atoms with Gasteiger partial charge in [0.2, 0.25) is 0 Å². The van der Waals surface area contributed by atoms with Crippen LogP contribution in [-0.4, -0.2) is 57.2 Å². The molecule has 3 heterocycles. The molecule has 1 saturated heterocycles. The van der Waals surface area contributed by atoms with Crippen molar-refractivity contribution in [2.75, 3.05) is 31.1 Å². The van der Waals surface area contributed by atoms with Crippen molar-refractivity contribution in [1.29, 1.82) is 0 Å². The first-order valence-corrected chi connectivity index (χ1v) is 7.43. The molecular weight excluding hydrogens is 362 g/mol. The van der Waals surface area contributed by atoms with Gasteiger partial charge in [-0.3, -0.25) is 0 Å². The number of hydrogen-bond acceptors (Lipinski definition) is 5. The lowest BCUT2D eigenvalue weighted by molar-refractivity contribution is 0.142. The number of piperazine rings is 1. The molecule has 9 heteroatoms. The molecule has 2 aromatic rings. The van der Waals surface area contributed by atoms with E-state index < -0.39 is 6.09 Å². The van der Waals surface area contributed by atoms with E-state index in [1.807, 2.05) is 4.90 Å². The van der Waals surface area contributed by atoms with Crippen molar-refractivity contribution in [3.05, 3.63) is 21.9 Å². The van der Waals surface area contributed by atoms with E-state index in [1.165, 1.54) is 4.90 Å². The second-order valence-electron chi connectivity index (χ2n) is 4.59. The average Bonchev–Trinajstić information content (AvgIpc) is 2.46. The highest BCUT2D eigenvalue weighted by molar-refractivity contribution is 9.10. The number of carbonyl (C=O) groups is 1. The summed E-state index contributed by atoms with van der Waals surface area (Å²) in [5.74, 6) is 0.545. The van der Waals surface area contributed by atoms with Crippen LogP contribution in [0.25, 0.3) is 11.2 Å². The molecule has 0 aliphatic carbocycles. The van der Waals surface area contributed by atoms with Crippen molar-refractivity contribution in [2.45, 2.75) is 0 Å². The van der Waals surface area contributed by atoms with Gasteiger partial charge < -0.3 is 14.9 Å². The smallest absolute Gasteiger partial charge is 0.407 e. The molecule has 0 radical (unpaired) electrons. The molecule has 0 unspecified atom stereocenters. The molecule has 0 saturated carbocycles. The first kappa shape index (κ1) is 14.3. The minimum absolute atomic E-state index is 0.297. The largest absolute Gasteiger partial charge is 0.465 e. The van der Waals surface area contributed by atoms with Gasteiger partial charge in [0, 0.05) is 36.8 Å². The van der Waals surface area contributed by atoms with Crippen molar-refractivity contribution in [3.8, 4) is 0 Å². The van der Waals surface area contributed by atoms with Crippen LogP contribution < -0.4 is 4.90 Å². The van der Waals surface area contributed by atoms with Gasteiger partial charge in [0.1, 0.15) is 5.52 Å². The zero-order valence-corrected chi connectivity index (χ0v) is 13.2. The summed E-state index contributed by atoms with van der Waals surface area (Å²) in [6, 6.07) is 1.80. The maximum Gasteiger partial charge on any atom is 0.407 e. The van der Waals surface area contributed by atoms with Crippen molar-refractivity contribution >= 4 is 50.6 Å². The molecule has 1 aliphatic rings. The number of fused-ring (bicyclic) bond motifs is 1. The SMILES string of the molecule is O=C(O)N1CCN(c2nc3ncc(Br)cc3nc2Cl)CC1.